The second-order valence-corrected chi connectivity index (χ2v) is 8.84. The molecule has 0 unspecified atom stereocenters. The molecule has 0 aromatic heterocycles. The van der Waals surface area contributed by atoms with Crippen LogP contribution in [0, 0.1) is 0 Å². The molecule has 2 heteroatoms. The van der Waals surface area contributed by atoms with Crippen molar-refractivity contribution in [2.75, 3.05) is 6.61 Å². The van der Waals surface area contributed by atoms with E-state index in [4.69, 9.17) is 4.74 Å². The summed E-state index contributed by atoms with van der Waals surface area (Å²) in [6, 6.07) is 11.1. The van der Waals surface area contributed by atoms with Gasteiger partial charge in [0.1, 0.15) is 11.4 Å². The Hall–Kier alpha value is -1.80. The molecule has 0 fully saturated rings. The van der Waals surface area contributed by atoms with Crippen LogP contribution in [0.2, 0.25) is 0 Å². The first-order chi connectivity index (χ1) is 11.8. The minimum atomic E-state index is -0.548. The van der Waals surface area contributed by atoms with Crippen LogP contribution in [0.25, 0.3) is 11.1 Å². The van der Waals surface area contributed by atoms with Crippen molar-refractivity contribution in [3.63, 3.8) is 0 Å². The van der Waals surface area contributed by atoms with E-state index in [1.807, 2.05) is 19.9 Å². The summed E-state index contributed by atoms with van der Waals surface area (Å²) in [5.41, 5.74) is 8.62. The van der Waals surface area contributed by atoms with E-state index in [0.29, 0.717) is 5.41 Å². The zero-order chi connectivity index (χ0) is 17.8. The lowest BCUT2D eigenvalue weighted by atomic mass is 9.80. The van der Waals surface area contributed by atoms with Crippen LogP contribution in [0.1, 0.15) is 56.4 Å². The average molecular weight is 336 g/mol. The van der Waals surface area contributed by atoms with Gasteiger partial charge in [-0.3, -0.25) is 0 Å². The van der Waals surface area contributed by atoms with E-state index in [1.165, 1.54) is 29.5 Å². The maximum absolute atomic E-state index is 9.43. The molecule has 0 saturated carbocycles. The summed E-state index contributed by atoms with van der Waals surface area (Å²) in [5, 5.41) is 9.43. The van der Waals surface area contributed by atoms with Crippen LogP contribution < -0.4 is 4.74 Å². The summed E-state index contributed by atoms with van der Waals surface area (Å²) >= 11 is 0. The number of aliphatic hydroxyl groups is 1. The third kappa shape index (κ3) is 2.77. The van der Waals surface area contributed by atoms with Gasteiger partial charge in [0.25, 0.3) is 0 Å². The van der Waals surface area contributed by atoms with Crippen molar-refractivity contribution in [1.29, 1.82) is 0 Å². The van der Waals surface area contributed by atoms with Gasteiger partial charge >= 0.3 is 0 Å². The SMILES string of the molecule is CC(C)(CO)Oc1ccc2c(c1)CCc1c-2ccc2c1CCC2(C)C. The van der Waals surface area contributed by atoms with E-state index in [-0.39, 0.29) is 6.61 Å². The fraction of sp³-hybridized carbons (Fsp3) is 0.478. The highest BCUT2D eigenvalue weighted by Gasteiger charge is 2.33. The standard InChI is InChI=1S/C23H28O2/c1-22(2)12-11-20-19-7-5-15-13-16(25-23(3,4)14-24)6-8-17(15)18(19)9-10-21(20)22/h6,8-10,13,24H,5,7,11-12,14H2,1-4H3. The summed E-state index contributed by atoms with van der Waals surface area (Å²) < 4.78 is 5.96. The summed E-state index contributed by atoms with van der Waals surface area (Å²) in [4.78, 5) is 0. The van der Waals surface area contributed by atoms with Crippen molar-refractivity contribution in [2.45, 2.75) is 64.4 Å². The number of fused-ring (bicyclic) bond motifs is 5. The van der Waals surface area contributed by atoms with Crippen molar-refractivity contribution >= 4 is 0 Å². The van der Waals surface area contributed by atoms with Gasteiger partial charge < -0.3 is 9.84 Å². The molecule has 0 saturated heterocycles. The summed E-state index contributed by atoms with van der Waals surface area (Å²) in [6.45, 7) is 8.57. The van der Waals surface area contributed by atoms with Crippen LogP contribution in [-0.4, -0.2) is 17.3 Å². The predicted octanol–water partition coefficient (Wildman–Crippen LogP) is 4.83. The Morgan fingerprint density at radius 2 is 1.76 bits per heavy atom. The Kier molecular flexibility index (Phi) is 3.73. The van der Waals surface area contributed by atoms with Crippen molar-refractivity contribution in [3.05, 3.63) is 52.6 Å². The zero-order valence-corrected chi connectivity index (χ0v) is 15.8. The van der Waals surface area contributed by atoms with Gasteiger partial charge in [-0.15, -0.1) is 0 Å². The van der Waals surface area contributed by atoms with Crippen LogP contribution in [-0.2, 0) is 24.7 Å². The normalized spacial score (nSPS) is 17.6. The van der Waals surface area contributed by atoms with Crippen LogP contribution >= 0.6 is 0 Å². The lowest BCUT2D eigenvalue weighted by Crippen LogP contribution is -2.32. The highest BCUT2D eigenvalue weighted by atomic mass is 16.5. The fourth-order valence-electron chi connectivity index (χ4n) is 4.44. The van der Waals surface area contributed by atoms with Crippen molar-refractivity contribution < 1.29 is 9.84 Å². The Balaban J connectivity index is 1.74. The van der Waals surface area contributed by atoms with Crippen LogP contribution in [0.15, 0.2) is 30.3 Å². The van der Waals surface area contributed by atoms with E-state index < -0.39 is 5.60 Å². The Labute approximate surface area is 150 Å². The molecule has 2 nitrogen and oxygen atoms in total. The Morgan fingerprint density at radius 1 is 1.00 bits per heavy atom. The topological polar surface area (TPSA) is 29.5 Å². The molecule has 0 radical (unpaired) electrons. The quantitative estimate of drug-likeness (QED) is 0.870. The molecule has 0 spiro atoms. The predicted molar refractivity (Wildman–Crippen MR) is 102 cm³/mol. The average Bonchev–Trinajstić information content (AvgIpc) is 2.89. The highest BCUT2D eigenvalue weighted by molar-refractivity contribution is 5.76. The first kappa shape index (κ1) is 16.7. The summed E-state index contributed by atoms with van der Waals surface area (Å²) in [6.07, 6.45) is 4.66. The van der Waals surface area contributed by atoms with E-state index in [1.54, 1.807) is 16.7 Å². The van der Waals surface area contributed by atoms with Crippen molar-refractivity contribution in [2.24, 2.45) is 0 Å². The number of ether oxygens (including phenoxy) is 1. The lowest BCUT2D eigenvalue weighted by molar-refractivity contribution is 0.0412. The van der Waals surface area contributed by atoms with E-state index in [2.05, 4.69) is 38.1 Å². The molecule has 1 N–H and O–H groups in total. The van der Waals surface area contributed by atoms with Gasteiger partial charge in [0.2, 0.25) is 0 Å². The molecule has 2 aromatic rings. The first-order valence-corrected chi connectivity index (χ1v) is 9.39. The van der Waals surface area contributed by atoms with Gasteiger partial charge in [0, 0.05) is 0 Å². The molecule has 0 atom stereocenters. The van der Waals surface area contributed by atoms with Gasteiger partial charge in [0.05, 0.1) is 6.61 Å². The number of aryl methyl sites for hydroxylation is 1. The molecule has 2 aliphatic rings. The third-order valence-electron chi connectivity index (χ3n) is 5.95. The molecule has 2 aliphatic carbocycles. The smallest absolute Gasteiger partial charge is 0.126 e. The number of benzene rings is 2. The number of aliphatic hydroxyl groups excluding tert-OH is 1. The van der Waals surface area contributed by atoms with Gasteiger partial charge in [-0.25, -0.2) is 0 Å². The van der Waals surface area contributed by atoms with Gasteiger partial charge in [-0.2, -0.15) is 0 Å². The number of hydrogen-bond acceptors (Lipinski definition) is 2. The maximum Gasteiger partial charge on any atom is 0.126 e. The molecule has 2 aromatic carbocycles. The summed E-state index contributed by atoms with van der Waals surface area (Å²) in [7, 11) is 0. The van der Waals surface area contributed by atoms with Crippen molar-refractivity contribution in [3.8, 4) is 16.9 Å². The van der Waals surface area contributed by atoms with E-state index >= 15 is 0 Å². The third-order valence-corrected chi connectivity index (χ3v) is 5.95. The highest BCUT2D eigenvalue weighted by Crippen LogP contribution is 2.45. The van der Waals surface area contributed by atoms with Crippen molar-refractivity contribution in [1.82, 2.24) is 0 Å². The number of rotatable bonds is 3. The van der Waals surface area contributed by atoms with Crippen LogP contribution in [0.3, 0.4) is 0 Å². The molecule has 132 valence electrons. The molecule has 0 amide bonds. The van der Waals surface area contributed by atoms with E-state index in [9.17, 15) is 5.11 Å². The van der Waals surface area contributed by atoms with E-state index in [0.717, 1.165) is 18.6 Å². The first-order valence-electron chi connectivity index (χ1n) is 9.39. The van der Waals surface area contributed by atoms with Crippen LogP contribution in [0.4, 0.5) is 0 Å². The molecule has 25 heavy (non-hydrogen) atoms. The molecular weight excluding hydrogens is 308 g/mol. The monoisotopic (exact) mass is 336 g/mol. The minimum absolute atomic E-state index is 0.00877. The number of hydrogen-bond donors (Lipinski definition) is 1. The lowest BCUT2D eigenvalue weighted by Gasteiger charge is -2.27. The second kappa shape index (κ2) is 5.60. The van der Waals surface area contributed by atoms with Gasteiger partial charge in [-0.05, 0) is 90.5 Å². The molecule has 0 heterocycles. The van der Waals surface area contributed by atoms with Gasteiger partial charge in [-0.1, -0.05) is 32.0 Å². The largest absolute Gasteiger partial charge is 0.485 e. The minimum Gasteiger partial charge on any atom is -0.485 e. The molecule has 0 bridgehead atoms. The zero-order valence-electron chi connectivity index (χ0n) is 15.8. The molecular formula is C23H28O2. The fourth-order valence-corrected chi connectivity index (χ4v) is 4.44. The van der Waals surface area contributed by atoms with Crippen LogP contribution in [0.5, 0.6) is 5.75 Å². The maximum atomic E-state index is 9.43. The molecule has 0 aliphatic heterocycles. The van der Waals surface area contributed by atoms with Gasteiger partial charge in [0.15, 0.2) is 0 Å². The summed E-state index contributed by atoms with van der Waals surface area (Å²) in [5.74, 6) is 0.851. The second-order valence-electron chi connectivity index (χ2n) is 8.84. The molecule has 4 rings (SSSR count). The Morgan fingerprint density at radius 3 is 2.52 bits per heavy atom. The Bertz CT molecular complexity index is 830.